The van der Waals surface area contributed by atoms with Crippen LogP contribution < -0.4 is 10.0 Å². The number of carboxylic acids is 1. The number of sulfonamides is 1. The van der Waals surface area contributed by atoms with Gasteiger partial charge in [-0.3, -0.25) is 0 Å². The Hall–Kier alpha value is -2.04. The first-order valence-electron chi connectivity index (χ1n) is 4.82. The Morgan fingerprint density at radius 1 is 1.56 bits per heavy atom. The molecule has 18 heavy (non-hydrogen) atoms. The second-order valence-corrected chi connectivity index (χ2v) is 5.15. The molecular formula is C11H12N2O4S. The smallest absolute Gasteiger partial charge is 0.337 e. The Labute approximate surface area is 105 Å². The quantitative estimate of drug-likeness (QED) is 0.754. The van der Waals surface area contributed by atoms with Crippen LogP contribution in [0.15, 0.2) is 23.1 Å². The maximum absolute atomic E-state index is 11.2. The zero-order valence-corrected chi connectivity index (χ0v) is 10.4. The molecule has 6 nitrogen and oxygen atoms in total. The van der Waals surface area contributed by atoms with Crippen LogP contribution in [0.2, 0.25) is 0 Å². The van der Waals surface area contributed by atoms with E-state index in [0.29, 0.717) is 5.69 Å². The molecule has 0 radical (unpaired) electrons. The highest BCUT2D eigenvalue weighted by Crippen LogP contribution is 2.22. The Morgan fingerprint density at radius 3 is 2.61 bits per heavy atom. The van der Waals surface area contributed by atoms with Crippen molar-refractivity contribution in [3.8, 4) is 12.3 Å². The first-order valence-corrected chi connectivity index (χ1v) is 6.36. The lowest BCUT2D eigenvalue weighted by atomic mass is 10.1. The molecule has 7 heteroatoms. The van der Waals surface area contributed by atoms with Crippen molar-refractivity contribution < 1.29 is 18.3 Å². The Balaban J connectivity index is 3.40. The van der Waals surface area contributed by atoms with Crippen molar-refractivity contribution in [1.29, 1.82) is 0 Å². The first-order chi connectivity index (χ1) is 8.27. The van der Waals surface area contributed by atoms with Crippen LogP contribution in [0.25, 0.3) is 0 Å². The van der Waals surface area contributed by atoms with Crippen LogP contribution in [-0.4, -0.2) is 33.1 Å². The minimum atomic E-state index is -3.94. The van der Waals surface area contributed by atoms with E-state index in [4.69, 9.17) is 16.7 Å². The number of carbonyl (C=O) groups is 1. The Bertz CT molecular complexity index is 616. The van der Waals surface area contributed by atoms with Crippen molar-refractivity contribution >= 4 is 21.7 Å². The number of nitrogens with zero attached hydrogens (tertiary/aromatic N) is 1. The fourth-order valence-electron chi connectivity index (χ4n) is 1.42. The van der Waals surface area contributed by atoms with E-state index >= 15 is 0 Å². The average Bonchev–Trinajstić information content (AvgIpc) is 2.27. The highest BCUT2D eigenvalue weighted by Gasteiger charge is 2.17. The van der Waals surface area contributed by atoms with E-state index < -0.39 is 16.0 Å². The number of aromatic carboxylic acids is 1. The summed E-state index contributed by atoms with van der Waals surface area (Å²) in [5.41, 5.74) is 0.159. The third kappa shape index (κ3) is 3.00. The molecule has 0 spiro atoms. The van der Waals surface area contributed by atoms with E-state index in [0.717, 1.165) is 6.07 Å². The molecule has 1 rings (SSSR count). The van der Waals surface area contributed by atoms with Gasteiger partial charge in [0.25, 0.3) is 0 Å². The fourth-order valence-corrected chi connectivity index (χ4v) is 1.96. The number of benzene rings is 1. The molecule has 1 aromatic carbocycles. The van der Waals surface area contributed by atoms with Gasteiger partial charge in [-0.1, -0.05) is 5.92 Å². The molecular weight excluding hydrogens is 256 g/mol. The van der Waals surface area contributed by atoms with Gasteiger partial charge in [-0.05, 0) is 18.2 Å². The molecule has 1 aromatic rings. The highest BCUT2D eigenvalue weighted by molar-refractivity contribution is 7.89. The average molecular weight is 268 g/mol. The summed E-state index contributed by atoms with van der Waals surface area (Å²) in [5.74, 6) is 1.12. The summed E-state index contributed by atoms with van der Waals surface area (Å²) in [6.07, 6.45) is 5.14. The van der Waals surface area contributed by atoms with Crippen LogP contribution in [0.5, 0.6) is 0 Å². The molecule has 0 fully saturated rings. The van der Waals surface area contributed by atoms with Gasteiger partial charge in [0.2, 0.25) is 10.0 Å². The van der Waals surface area contributed by atoms with Crippen molar-refractivity contribution in [1.82, 2.24) is 0 Å². The molecule has 0 aliphatic heterocycles. The highest BCUT2D eigenvalue weighted by atomic mass is 32.2. The molecule has 0 saturated heterocycles. The normalized spacial score (nSPS) is 10.7. The standard InChI is InChI=1S/C11H12N2O4S/c1-3-6-13(2)10-5-4-8(18(12,16)17)7-9(10)11(14)15/h1,4-5,7H,6H2,2H3,(H,14,15)(H2,12,16,17). The molecule has 0 unspecified atom stereocenters. The summed E-state index contributed by atoms with van der Waals surface area (Å²) in [6, 6.07) is 3.62. The topological polar surface area (TPSA) is 101 Å². The van der Waals surface area contributed by atoms with Crippen LogP contribution in [0, 0.1) is 12.3 Å². The van der Waals surface area contributed by atoms with Crippen LogP contribution >= 0.6 is 0 Å². The van der Waals surface area contributed by atoms with Gasteiger partial charge in [0.05, 0.1) is 22.7 Å². The van der Waals surface area contributed by atoms with E-state index in [1.165, 1.54) is 17.0 Å². The molecule has 0 aliphatic carbocycles. The van der Waals surface area contributed by atoms with E-state index in [1.54, 1.807) is 7.05 Å². The number of hydrogen-bond donors (Lipinski definition) is 2. The third-order valence-corrected chi connectivity index (χ3v) is 3.18. The molecule has 0 aromatic heterocycles. The van der Waals surface area contributed by atoms with Gasteiger partial charge >= 0.3 is 5.97 Å². The SMILES string of the molecule is C#CCN(C)c1ccc(S(N)(=O)=O)cc1C(=O)O. The summed E-state index contributed by atoms with van der Waals surface area (Å²) in [5, 5.41) is 14.0. The number of anilines is 1. The lowest BCUT2D eigenvalue weighted by Crippen LogP contribution is -2.21. The minimum absolute atomic E-state index is 0.167. The predicted molar refractivity (Wildman–Crippen MR) is 66.9 cm³/mol. The molecule has 0 aliphatic rings. The summed E-state index contributed by atoms with van der Waals surface area (Å²) in [7, 11) is -2.33. The summed E-state index contributed by atoms with van der Waals surface area (Å²) >= 11 is 0. The Morgan fingerprint density at radius 2 is 2.17 bits per heavy atom. The maximum Gasteiger partial charge on any atom is 0.337 e. The summed E-state index contributed by atoms with van der Waals surface area (Å²) in [4.78, 5) is 12.4. The lowest BCUT2D eigenvalue weighted by molar-refractivity contribution is 0.0697. The molecule has 0 bridgehead atoms. The van der Waals surface area contributed by atoms with Gasteiger partial charge in [-0.25, -0.2) is 18.4 Å². The summed E-state index contributed by atoms with van der Waals surface area (Å²) in [6.45, 7) is 0.203. The number of rotatable bonds is 4. The Kier molecular flexibility index (Phi) is 3.96. The van der Waals surface area contributed by atoms with E-state index in [1.807, 2.05) is 0 Å². The number of hydrogen-bond acceptors (Lipinski definition) is 4. The second kappa shape index (κ2) is 5.08. The van der Waals surface area contributed by atoms with E-state index in [9.17, 15) is 13.2 Å². The number of primary sulfonamides is 1. The zero-order valence-electron chi connectivity index (χ0n) is 9.62. The van der Waals surface area contributed by atoms with Crippen molar-refractivity contribution in [2.24, 2.45) is 5.14 Å². The third-order valence-electron chi connectivity index (χ3n) is 2.27. The van der Waals surface area contributed by atoms with Gasteiger partial charge in [-0.15, -0.1) is 6.42 Å². The monoisotopic (exact) mass is 268 g/mol. The number of nitrogens with two attached hydrogens (primary N) is 1. The zero-order chi connectivity index (χ0) is 13.9. The van der Waals surface area contributed by atoms with Gasteiger partial charge in [0, 0.05) is 7.05 Å². The fraction of sp³-hybridized carbons (Fsp3) is 0.182. The number of terminal acetylenes is 1. The molecule has 0 atom stereocenters. The van der Waals surface area contributed by atoms with E-state index in [-0.39, 0.29) is 17.0 Å². The van der Waals surface area contributed by atoms with Crippen molar-refractivity contribution in [2.45, 2.75) is 4.90 Å². The maximum atomic E-state index is 11.2. The molecule has 0 amide bonds. The number of carboxylic acid groups (broad SMARTS) is 1. The molecule has 96 valence electrons. The van der Waals surface area contributed by atoms with Gasteiger partial charge in [0.15, 0.2) is 0 Å². The van der Waals surface area contributed by atoms with Gasteiger partial charge < -0.3 is 10.0 Å². The summed E-state index contributed by atoms with van der Waals surface area (Å²) < 4.78 is 22.3. The second-order valence-electron chi connectivity index (χ2n) is 3.59. The molecule has 0 heterocycles. The van der Waals surface area contributed by atoms with Crippen molar-refractivity contribution in [3.63, 3.8) is 0 Å². The van der Waals surface area contributed by atoms with Crippen LogP contribution in [0.1, 0.15) is 10.4 Å². The molecule has 3 N–H and O–H groups in total. The van der Waals surface area contributed by atoms with Gasteiger partial charge in [-0.2, -0.15) is 0 Å². The predicted octanol–water partition coefficient (Wildman–Crippen LogP) is 0.102. The minimum Gasteiger partial charge on any atom is -0.478 e. The molecule has 0 saturated carbocycles. The van der Waals surface area contributed by atoms with Crippen molar-refractivity contribution in [2.75, 3.05) is 18.5 Å². The van der Waals surface area contributed by atoms with Crippen LogP contribution in [0.4, 0.5) is 5.69 Å². The largest absolute Gasteiger partial charge is 0.478 e. The van der Waals surface area contributed by atoms with Crippen LogP contribution in [0.3, 0.4) is 0 Å². The first kappa shape index (κ1) is 14.0. The van der Waals surface area contributed by atoms with Gasteiger partial charge in [0.1, 0.15) is 0 Å². The van der Waals surface area contributed by atoms with Crippen LogP contribution in [-0.2, 0) is 10.0 Å². The van der Waals surface area contributed by atoms with E-state index in [2.05, 4.69) is 5.92 Å². The van der Waals surface area contributed by atoms with Crippen molar-refractivity contribution in [3.05, 3.63) is 23.8 Å². The lowest BCUT2D eigenvalue weighted by Gasteiger charge is -2.18.